The average Bonchev–Trinajstić information content (AvgIpc) is 2.70. The molecule has 7 heteroatoms. The van der Waals surface area contributed by atoms with E-state index >= 15 is 0 Å². The van der Waals surface area contributed by atoms with E-state index in [2.05, 4.69) is 10.3 Å². The number of nitrogens with one attached hydrogen (secondary N) is 1. The van der Waals surface area contributed by atoms with Gasteiger partial charge in [0.05, 0.1) is 35.1 Å². The third-order valence-electron chi connectivity index (χ3n) is 5.07. The van der Waals surface area contributed by atoms with E-state index < -0.39 is 5.41 Å². The normalized spacial score (nSPS) is 18.4. The molecule has 1 N–H and O–H groups in total. The number of benzene rings is 2. The van der Waals surface area contributed by atoms with Gasteiger partial charge in [0.25, 0.3) is 0 Å². The van der Waals surface area contributed by atoms with Crippen molar-refractivity contribution in [3.8, 4) is 5.75 Å². The number of nitrogens with zero attached hydrogens (tertiary/aromatic N) is 1. The molecule has 144 valence electrons. The van der Waals surface area contributed by atoms with Crippen LogP contribution < -0.4 is 10.1 Å². The van der Waals surface area contributed by atoms with Gasteiger partial charge in [-0.3, -0.25) is 9.78 Å². The molecule has 4 rings (SSSR count). The summed E-state index contributed by atoms with van der Waals surface area (Å²) in [7, 11) is 1.57. The van der Waals surface area contributed by atoms with E-state index in [0.29, 0.717) is 40.1 Å². The third kappa shape index (κ3) is 3.20. The highest BCUT2D eigenvalue weighted by atomic mass is 35.5. The van der Waals surface area contributed by atoms with Crippen LogP contribution in [0.5, 0.6) is 5.75 Å². The number of hydrogen-bond acceptors (Lipinski definition) is 4. The maximum Gasteiger partial charge on any atom is 0.237 e. The van der Waals surface area contributed by atoms with Crippen molar-refractivity contribution in [2.75, 3.05) is 25.6 Å². The molecule has 2 heterocycles. The first kappa shape index (κ1) is 19.0. The number of carbonyl (C=O) groups excluding carboxylic acids is 1. The van der Waals surface area contributed by atoms with Crippen LogP contribution in [0, 0.1) is 0 Å². The number of carbonyl (C=O) groups is 1. The van der Waals surface area contributed by atoms with Gasteiger partial charge in [-0.25, -0.2) is 0 Å². The number of pyridine rings is 1. The maximum atomic E-state index is 13.5. The maximum absolute atomic E-state index is 13.5. The van der Waals surface area contributed by atoms with Gasteiger partial charge < -0.3 is 14.8 Å². The first-order valence-corrected chi connectivity index (χ1v) is 9.56. The van der Waals surface area contributed by atoms with Crippen molar-refractivity contribution in [2.24, 2.45) is 0 Å². The van der Waals surface area contributed by atoms with Gasteiger partial charge >= 0.3 is 0 Å². The number of rotatable bonds is 4. The molecule has 0 radical (unpaired) electrons. The van der Waals surface area contributed by atoms with E-state index in [1.165, 1.54) is 0 Å². The number of halogens is 2. The molecule has 28 heavy (non-hydrogen) atoms. The minimum Gasteiger partial charge on any atom is -0.493 e. The summed E-state index contributed by atoms with van der Waals surface area (Å²) in [4.78, 5) is 17.8. The fourth-order valence-corrected chi connectivity index (χ4v) is 3.96. The van der Waals surface area contributed by atoms with Gasteiger partial charge in [0.15, 0.2) is 0 Å². The Morgan fingerprint density at radius 3 is 2.86 bits per heavy atom. The SMILES string of the molecule is COC[C@@]1(C(=O)Nc2cncc3ccccc23)CCOc2cc(Cl)c(Cl)cc21. The number of fused-ring (bicyclic) bond motifs is 2. The van der Waals surface area contributed by atoms with Crippen molar-refractivity contribution in [1.29, 1.82) is 0 Å². The van der Waals surface area contributed by atoms with Crippen molar-refractivity contribution in [3.05, 3.63) is 64.4 Å². The van der Waals surface area contributed by atoms with Crippen LogP contribution in [0.3, 0.4) is 0 Å². The molecule has 1 atom stereocenters. The minimum atomic E-state index is -0.951. The molecule has 1 aliphatic heterocycles. The molecule has 0 aliphatic carbocycles. The van der Waals surface area contributed by atoms with Crippen LogP contribution in [-0.2, 0) is 14.9 Å². The summed E-state index contributed by atoms with van der Waals surface area (Å²) < 4.78 is 11.2. The zero-order valence-electron chi connectivity index (χ0n) is 15.2. The van der Waals surface area contributed by atoms with Crippen LogP contribution >= 0.6 is 23.2 Å². The molecular weight excluding hydrogens is 399 g/mol. The number of ether oxygens (including phenoxy) is 2. The Hall–Kier alpha value is -2.34. The molecule has 0 saturated heterocycles. The van der Waals surface area contributed by atoms with Gasteiger partial charge in [0.2, 0.25) is 5.91 Å². The second kappa shape index (κ2) is 7.59. The highest BCUT2D eigenvalue weighted by Gasteiger charge is 2.45. The summed E-state index contributed by atoms with van der Waals surface area (Å²) >= 11 is 12.4. The Morgan fingerprint density at radius 1 is 1.25 bits per heavy atom. The van der Waals surface area contributed by atoms with E-state index in [1.54, 1.807) is 31.6 Å². The second-order valence-corrected chi connectivity index (χ2v) is 7.55. The Labute approximate surface area is 172 Å². The fraction of sp³-hybridized carbons (Fsp3) is 0.238. The van der Waals surface area contributed by atoms with Gasteiger partial charge in [0.1, 0.15) is 11.2 Å². The first-order valence-electron chi connectivity index (χ1n) is 8.80. The third-order valence-corrected chi connectivity index (χ3v) is 5.79. The molecule has 5 nitrogen and oxygen atoms in total. The first-order chi connectivity index (χ1) is 13.5. The van der Waals surface area contributed by atoms with E-state index in [1.807, 2.05) is 24.3 Å². The van der Waals surface area contributed by atoms with E-state index in [9.17, 15) is 4.79 Å². The van der Waals surface area contributed by atoms with E-state index in [4.69, 9.17) is 32.7 Å². The lowest BCUT2D eigenvalue weighted by atomic mass is 9.75. The zero-order valence-corrected chi connectivity index (χ0v) is 16.7. The van der Waals surface area contributed by atoms with Gasteiger partial charge in [-0.2, -0.15) is 0 Å². The molecule has 0 saturated carbocycles. The molecule has 0 fully saturated rings. The lowest BCUT2D eigenvalue weighted by molar-refractivity contribution is -0.124. The van der Waals surface area contributed by atoms with E-state index in [0.717, 1.165) is 10.8 Å². The average molecular weight is 417 g/mol. The van der Waals surface area contributed by atoms with Gasteiger partial charge in [0, 0.05) is 42.1 Å². The Balaban J connectivity index is 1.79. The largest absolute Gasteiger partial charge is 0.493 e. The van der Waals surface area contributed by atoms with Gasteiger partial charge in [-0.15, -0.1) is 0 Å². The number of methoxy groups -OCH3 is 1. The van der Waals surface area contributed by atoms with Gasteiger partial charge in [-0.1, -0.05) is 47.5 Å². The lowest BCUT2D eigenvalue weighted by Gasteiger charge is -2.37. The Bertz CT molecular complexity index is 1050. The quantitative estimate of drug-likeness (QED) is 0.660. The summed E-state index contributed by atoms with van der Waals surface area (Å²) in [6.07, 6.45) is 3.87. The summed E-state index contributed by atoms with van der Waals surface area (Å²) in [5, 5.41) is 5.65. The topological polar surface area (TPSA) is 60.5 Å². The molecule has 2 aromatic carbocycles. The van der Waals surface area contributed by atoms with Crippen LogP contribution in [-0.4, -0.2) is 31.2 Å². The highest BCUT2D eigenvalue weighted by molar-refractivity contribution is 6.42. The molecule has 3 aromatic rings. The molecule has 0 unspecified atom stereocenters. The monoisotopic (exact) mass is 416 g/mol. The molecule has 0 bridgehead atoms. The second-order valence-electron chi connectivity index (χ2n) is 6.74. The van der Waals surface area contributed by atoms with Crippen LogP contribution in [0.2, 0.25) is 10.0 Å². The van der Waals surface area contributed by atoms with Crippen LogP contribution in [0.15, 0.2) is 48.8 Å². The number of amides is 1. The van der Waals surface area contributed by atoms with Crippen LogP contribution in [0.1, 0.15) is 12.0 Å². The zero-order chi connectivity index (χ0) is 19.7. The molecule has 1 aromatic heterocycles. The summed E-state index contributed by atoms with van der Waals surface area (Å²) in [5.41, 5.74) is 0.361. The van der Waals surface area contributed by atoms with Crippen molar-refractivity contribution < 1.29 is 14.3 Å². The van der Waals surface area contributed by atoms with Crippen LogP contribution in [0.25, 0.3) is 10.8 Å². The molecule has 1 amide bonds. The predicted octanol–water partition coefficient (Wildman–Crippen LogP) is 4.85. The lowest BCUT2D eigenvalue weighted by Crippen LogP contribution is -2.47. The summed E-state index contributed by atoms with van der Waals surface area (Å²) in [5.74, 6) is 0.347. The predicted molar refractivity (Wildman–Crippen MR) is 111 cm³/mol. The number of anilines is 1. The van der Waals surface area contributed by atoms with Crippen molar-refractivity contribution in [1.82, 2.24) is 4.98 Å². The standard InChI is InChI=1S/C21H18Cl2N2O3/c1-27-12-21(6-7-28-19-9-17(23)16(22)8-15(19)21)20(26)25-18-11-24-10-13-4-2-3-5-14(13)18/h2-5,8-11H,6-7,12H2,1H3,(H,25,26)/t21-/m0/s1. The summed E-state index contributed by atoms with van der Waals surface area (Å²) in [6, 6.07) is 11.1. The Kier molecular flexibility index (Phi) is 5.15. The minimum absolute atomic E-state index is 0.186. The van der Waals surface area contributed by atoms with Crippen LogP contribution in [0.4, 0.5) is 5.69 Å². The fourth-order valence-electron chi connectivity index (χ4n) is 3.65. The Morgan fingerprint density at radius 2 is 2.04 bits per heavy atom. The van der Waals surface area contributed by atoms with Gasteiger partial charge in [-0.05, 0) is 6.07 Å². The highest BCUT2D eigenvalue weighted by Crippen LogP contribution is 2.44. The van der Waals surface area contributed by atoms with Crippen molar-refractivity contribution in [3.63, 3.8) is 0 Å². The van der Waals surface area contributed by atoms with E-state index in [-0.39, 0.29) is 12.5 Å². The smallest absolute Gasteiger partial charge is 0.237 e. The number of hydrogen-bond donors (Lipinski definition) is 1. The molecular formula is C21H18Cl2N2O3. The van der Waals surface area contributed by atoms with Crippen molar-refractivity contribution >= 4 is 45.6 Å². The molecule has 1 aliphatic rings. The van der Waals surface area contributed by atoms with Crippen molar-refractivity contribution in [2.45, 2.75) is 11.8 Å². The number of aromatic nitrogens is 1. The molecule has 0 spiro atoms. The summed E-state index contributed by atoms with van der Waals surface area (Å²) in [6.45, 7) is 0.556.